The summed E-state index contributed by atoms with van der Waals surface area (Å²) in [4.78, 5) is 0. The Morgan fingerprint density at radius 2 is 2.14 bits per heavy atom. The third-order valence-electron chi connectivity index (χ3n) is 1.87. The second kappa shape index (κ2) is 6.08. The van der Waals surface area contributed by atoms with Crippen LogP contribution in [-0.4, -0.2) is 11.7 Å². The van der Waals surface area contributed by atoms with Gasteiger partial charge in [0, 0.05) is 0 Å². The number of phenols is 1. The highest BCUT2D eigenvalue weighted by atomic mass is 16.5. The van der Waals surface area contributed by atoms with Crippen LogP contribution in [0.1, 0.15) is 19.8 Å². The number of ether oxygens (including phenoxy) is 1. The maximum absolute atomic E-state index is 9.37. The van der Waals surface area contributed by atoms with Gasteiger partial charge in [0.1, 0.15) is 0 Å². The molecule has 0 radical (unpaired) electrons. The molecule has 0 bridgehead atoms. The highest BCUT2D eigenvalue weighted by molar-refractivity contribution is 5.37. The van der Waals surface area contributed by atoms with Crippen molar-refractivity contribution in [2.24, 2.45) is 0 Å². The minimum absolute atomic E-state index is 0.207. The number of hydrogen-bond donors (Lipinski definition) is 1. The predicted molar refractivity (Wildman–Crippen MR) is 57.6 cm³/mol. The van der Waals surface area contributed by atoms with Gasteiger partial charge >= 0.3 is 0 Å². The Bertz CT molecular complexity index is 292. The van der Waals surface area contributed by atoms with Crippen molar-refractivity contribution in [1.29, 1.82) is 0 Å². The maximum Gasteiger partial charge on any atom is 0.160 e. The zero-order valence-corrected chi connectivity index (χ0v) is 8.44. The molecule has 0 amide bonds. The topological polar surface area (TPSA) is 29.5 Å². The van der Waals surface area contributed by atoms with Crippen LogP contribution in [0.5, 0.6) is 11.5 Å². The minimum Gasteiger partial charge on any atom is -0.504 e. The number of benzene rings is 1. The van der Waals surface area contributed by atoms with E-state index in [4.69, 9.17) is 4.74 Å². The first-order valence-electron chi connectivity index (χ1n) is 4.86. The van der Waals surface area contributed by atoms with Crippen LogP contribution >= 0.6 is 0 Å². The Balaban J connectivity index is 2.28. The minimum atomic E-state index is 0.207. The fourth-order valence-corrected chi connectivity index (χ4v) is 1.13. The van der Waals surface area contributed by atoms with E-state index in [-0.39, 0.29) is 5.75 Å². The van der Waals surface area contributed by atoms with Gasteiger partial charge in [-0.1, -0.05) is 24.3 Å². The van der Waals surface area contributed by atoms with Crippen LogP contribution < -0.4 is 4.74 Å². The van der Waals surface area contributed by atoms with Crippen molar-refractivity contribution in [3.05, 3.63) is 36.4 Å². The lowest BCUT2D eigenvalue weighted by Gasteiger charge is -2.06. The third kappa shape index (κ3) is 3.52. The number of allylic oxidation sites excluding steroid dienone is 2. The van der Waals surface area contributed by atoms with Gasteiger partial charge in [-0.2, -0.15) is 0 Å². The second-order valence-electron chi connectivity index (χ2n) is 3.03. The van der Waals surface area contributed by atoms with Crippen LogP contribution in [-0.2, 0) is 0 Å². The van der Waals surface area contributed by atoms with Gasteiger partial charge in [0.25, 0.3) is 0 Å². The summed E-state index contributed by atoms with van der Waals surface area (Å²) in [7, 11) is 0. The maximum atomic E-state index is 9.37. The summed E-state index contributed by atoms with van der Waals surface area (Å²) in [6, 6.07) is 7.02. The van der Waals surface area contributed by atoms with Crippen LogP contribution in [0.2, 0.25) is 0 Å². The Hall–Kier alpha value is -1.44. The molecule has 0 heterocycles. The number of phenolic OH excluding ortho intramolecular Hbond substituents is 1. The van der Waals surface area contributed by atoms with Crippen molar-refractivity contribution >= 4 is 0 Å². The molecule has 76 valence electrons. The first kappa shape index (κ1) is 10.6. The standard InChI is InChI=1S/C12H16O2/c1-2-3-4-7-10-14-12-9-6-5-8-11(12)13/h2-3,5-6,8-9,13H,4,7,10H2,1H3. The Labute approximate surface area is 84.8 Å². The van der Waals surface area contributed by atoms with Crippen LogP contribution in [0.4, 0.5) is 0 Å². The molecule has 0 aliphatic carbocycles. The first-order valence-corrected chi connectivity index (χ1v) is 4.86. The predicted octanol–water partition coefficient (Wildman–Crippen LogP) is 3.13. The lowest BCUT2D eigenvalue weighted by molar-refractivity contribution is 0.295. The van der Waals surface area contributed by atoms with Gasteiger partial charge in [-0.05, 0) is 31.9 Å². The van der Waals surface area contributed by atoms with Gasteiger partial charge < -0.3 is 9.84 Å². The molecular weight excluding hydrogens is 176 g/mol. The molecule has 1 N–H and O–H groups in total. The molecule has 1 aromatic rings. The fraction of sp³-hybridized carbons (Fsp3) is 0.333. The van der Waals surface area contributed by atoms with Gasteiger partial charge in [0.05, 0.1) is 6.61 Å². The first-order chi connectivity index (χ1) is 6.84. The molecule has 14 heavy (non-hydrogen) atoms. The summed E-state index contributed by atoms with van der Waals surface area (Å²) in [5.74, 6) is 0.770. The van der Waals surface area contributed by atoms with Crippen molar-refractivity contribution in [1.82, 2.24) is 0 Å². The highest BCUT2D eigenvalue weighted by Gasteiger charge is 1.98. The molecule has 0 aliphatic heterocycles. The average molecular weight is 192 g/mol. The molecule has 2 heteroatoms. The van der Waals surface area contributed by atoms with Crippen molar-refractivity contribution < 1.29 is 9.84 Å². The molecule has 1 aromatic carbocycles. The molecule has 0 saturated carbocycles. The van der Waals surface area contributed by atoms with E-state index >= 15 is 0 Å². The van der Waals surface area contributed by atoms with Gasteiger partial charge in [0.15, 0.2) is 11.5 Å². The van der Waals surface area contributed by atoms with E-state index in [1.807, 2.05) is 19.1 Å². The second-order valence-corrected chi connectivity index (χ2v) is 3.03. The van der Waals surface area contributed by atoms with Crippen molar-refractivity contribution in [2.45, 2.75) is 19.8 Å². The number of unbranched alkanes of at least 4 members (excludes halogenated alkanes) is 1. The number of para-hydroxylation sites is 2. The van der Waals surface area contributed by atoms with Crippen molar-refractivity contribution in [2.75, 3.05) is 6.61 Å². The zero-order valence-electron chi connectivity index (χ0n) is 8.44. The molecule has 0 aliphatic rings. The molecule has 1 rings (SSSR count). The summed E-state index contributed by atoms with van der Waals surface area (Å²) in [5.41, 5.74) is 0. The molecule has 2 nitrogen and oxygen atoms in total. The Kier molecular flexibility index (Phi) is 4.62. The van der Waals surface area contributed by atoms with E-state index in [0.29, 0.717) is 12.4 Å². The van der Waals surface area contributed by atoms with E-state index in [1.165, 1.54) is 0 Å². The molecular formula is C12H16O2. The highest BCUT2D eigenvalue weighted by Crippen LogP contribution is 2.24. The van der Waals surface area contributed by atoms with E-state index in [2.05, 4.69) is 6.08 Å². The van der Waals surface area contributed by atoms with Crippen molar-refractivity contribution in [3.63, 3.8) is 0 Å². The van der Waals surface area contributed by atoms with Gasteiger partial charge in [0.2, 0.25) is 0 Å². The summed E-state index contributed by atoms with van der Waals surface area (Å²) in [6.07, 6.45) is 6.12. The van der Waals surface area contributed by atoms with Crippen LogP contribution in [0.25, 0.3) is 0 Å². The quantitative estimate of drug-likeness (QED) is 0.573. The Morgan fingerprint density at radius 1 is 1.36 bits per heavy atom. The molecule has 0 aromatic heterocycles. The lowest BCUT2D eigenvalue weighted by Crippen LogP contribution is -1.96. The Morgan fingerprint density at radius 3 is 2.86 bits per heavy atom. The molecule has 0 atom stereocenters. The van der Waals surface area contributed by atoms with Gasteiger partial charge in [-0.25, -0.2) is 0 Å². The van der Waals surface area contributed by atoms with Crippen LogP contribution in [0, 0.1) is 0 Å². The SMILES string of the molecule is CC=CCCCOc1ccccc1O. The normalized spacial score (nSPS) is 10.6. The monoisotopic (exact) mass is 192 g/mol. The van der Waals surface area contributed by atoms with Crippen molar-refractivity contribution in [3.8, 4) is 11.5 Å². The fourth-order valence-electron chi connectivity index (χ4n) is 1.13. The van der Waals surface area contributed by atoms with Gasteiger partial charge in [-0.15, -0.1) is 0 Å². The zero-order chi connectivity index (χ0) is 10.2. The van der Waals surface area contributed by atoms with Gasteiger partial charge in [-0.3, -0.25) is 0 Å². The third-order valence-corrected chi connectivity index (χ3v) is 1.87. The largest absolute Gasteiger partial charge is 0.504 e. The smallest absolute Gasteiger partial charge is 0.160 e. The van der Waals surface area contributed by atoms with E-state index in [9.17, 15) is 5.11 Å². The number of hydrogen-bond acceptors (Lipinski definition) is 2. The average Bonchev–Trinajstić information content (AvgIpc) is 2.20. The van der Waals surface area contributed by atoms with Crippen LogP contribution in [0.15, 0.2) is 36.4 Å². The molecule has 0 unspecified atom stereocenters. The van der Waals surface area contributed by atoms with Crippen LogP contribution in [0.3, 0.4) is 0 Å². The van der Waals surface area contributed by atoms with E-state index in [1.54, 1.807) is 18.2 Å². The lowest BCUT2D eigenvalue weighted by atomic mass is 10.3. The van der Waals surface area contributed by atoms with E-state index < -0.39 is 0 Å². The molecule has 0 spiro atoms. The molecule has 0 saturated heterocycles. The van der Waals surface area contributed by atoms with E-state index in [0.717, 1.165) is 12.8 Å². The summed E-state index contributed by atoms with van der Waals surface area (Å²) in [6.45, 7) is 2.64. The summed E-state index contributed by atoms with van der Waals surface area (Å²) >= 11 is 0. The summed E-state index contributed by atoms with van der Waals surface area (Å²) < 4.78 is 5.40. The number of aromatic hydroxyl groups is 1. The number of rotatable bonds is 5. The molecule has 0 fully saturated rings. The summed E-state index contributed by atoms with van der Waals surface area (Å²) in [5, 5.41) is 9.37.